The maximum atomic E-state index is 12.9. The molecule has 1 unspecified atom stereocenters. The molecule has 1 amide bonds. The molecule has 3 rings (SSSR count). The van der Waals surface area contributed by atoms with Crippen LogP contribution in [0.3, 0.4) is 0 Å². The van der Waals surface area contributed by atoms with E-state index in [-0.39, 0.29) is 13.2 Å². The molecule has 1 heterocycles. The maximum absolute atomic E-state index is 12.9. The molecule has 168 valence electrons. The highest BCUT2D eigenvalue weighted by Gasteiger charge is 2.26. The summed E-state index contributed by atoms with van der Waals surface area (Å²) in [7, 11) is 0. The molecular weight excluding hydrogens is 434 g/mol. The van der Waals surface area contributed by atoms with Crippen LogP contribution >= 0.6 is 11.6 Å². The number of halogens is 1. The Labute approximate surface area is 191 Å². The number of nitrogens with zero attached hydrogens (tertiary/aromatic N) is 1. The fourth-order valence-electron chi connectivity index (χ4n) is 3.33. The molecule has 1 N–H and O–H groups in total. The zero-order valence-corrected chi connectivity index (χ0v) is 18.4. The number of carbonyl (C=O) groups is 2. The molecule has 0 aliphatic carbocycles. The van der Waals surface area contributed by atoms with Gasteiger partial charge in [0.15, 0.2) is 11.5 Å². The summed E-state index contributed by atoms with van der Waals surface area (Å²) >= 11 is 6.22. The Hall–Kier alpha value is -3.29. The lowest BCUT2D eigenvalue weighted by atomic mass is 9.97. The maximum Gasteiger partial charge on any atom is 0.330 e. The number of esters is 1. The van der Waals surface area contributed by atoms with E-state index < -0.39 is 18.0 Å². The first kappa shape index (κ1) is 23.4. The molecule has 2 aromatic rings. The molecule has 32 heavy (non-hydrogen) atoms. The summed E-state index contributed by atoms with van der Waals surface area (Å²) < 4.78 is 16.2. The Morgan fingerprint density at radius 1 is 1.22 bits per heavy atom. The number of aliphatic hydroxyl groups is 1. The molecule has 0 saturated heterocycles. The second-order valence-electron chi connectivity index (χ2n) is 6.80. The van der Waals surface area contributed by atoms with Crippen molar-refractivity contribution in [1.29, 1.82) is 0 Å². The highest BCUT2D eigenvalue weighted by Crippen LogP contribution is 2.41. The van der Waals surface area contributed by atoms with Gasteiger partial charge in [0.2, 0.25) is 0 Å². The second-order valence-corrected chi connectivity index (χ2v) is 7.24. The van der Waals surface area contributed by atoms with Crippen molar-refractivity contribution in [3.8, 4) is 11.5 Å². The number of carbonyl (C=O) groups excluding carboxylic acids is 2. The van der Waals surface area contributed by atoms with Gasteiger partial charge in [0.1, 0.15) is 19.3 Å². The van der Waals surface area contributed by atoms with Crippen LogP contribution in [0.4, 0.5) is 5.69 Å². The zero-order chi connectivity index (χ0) is 23.1. The third-order valence-corrected chi connectivity index (χ3v) is 4.93. The van der Waals surface area contributed by atoms with Crippen LogP contribution in [0.25, 0.3) is 0 Å². The lowest BCUT2D eigenvalue weighted by Crippen LogP contribution is -2.31. The predicted molar refractivity (Wildman–Crippen MR) is 121 cm³/mol. The van der Waals surface area contributed by atoms with Gasteiger partial charge < -0.3 is 24.2 Å². The van der Waals surface area contributed by atoms with Crippen LogP contribution in [0.15, 0.2) is 61.2 Å². The lowest BCUT2D eigenvalue weighted by Gasteiger charge is -2.27. The summed E-state index contributed by atoms with van der Waals surface area (Å²) in [5, 5.41) is 11.7. The third kappa shape index (κ3) is 5.30. The SMILES string of the molecule is C=CCN(C(=O)C=CC(=O)OCC)c1ccc(Cl)cc1C(O)c1cccc2c1OCCO2. The number of ether oxygens (including phenoxy) is 3. The zero-order valence-electron chi connectivity index (χ0n) is 17.6. The summed E-state index contributed by atoms with van der Waals surface area (Å²) in [6.07, 6.45) is 2.57. The molecule has 8 heteroatoms. The van der Waals surface area contributed by atoms with Gasteiger partial charge in [0.05, 0.1) is 12.3 Å². The van der Waals surface area contributed by atoms with E-state index in [1.807, 2.05) is 0 Å². The first-order valence-electron chi connectivity index (χ1n) is 10.1. The number of benzene rings is 2. The molecule has 0 radical (unpaired) electrons. The minimum atomic E-state index is -1.16. The second kappa shape index (κ2) is 10.8. The number of rotatable bonds is 8. The third-order valence-electron chi connectivity index (χ3n) is 4.69. The Balaban J connectivity index is 2.01. The van der Waals surface area contributed by atoms with E-state index in [9.17, 15) is 14.7 Å². The molecule has 1 aliphatic heterocycles. The van der Waals surface area contributed by atoms with Crippen molar-refractivity contribution in [1.82, 2.24) is 0 Å². The minimum Gasteiger partial charge on any atom is -0.486 e. The number of anilines is 1. The average Bonchev–Trinajstić information content (AvgIpc) is 2.80. The van der Waals surface area contributed by atoms with Crippen LogP contribution in [-0.2, 0) is 14.3 Å². The normalized spacial score (nSPS) is 13.5. The molecule has 7 nitrogen and oxygen atoms in total. The standard InChI is InChI=1S/C24H24ClNO6/c1-3-12-26(21(27)10-11-22(28)30-4-2)19-9-8-16(25)15-18(19)23(29)17-6-5-7-20-24(17)32-14-13-31-20/h3,5-11,15,23,29H,1,4,12-14H2,2H3. The molecule has 2 aromatic carbocycles. The van der Waals surface area contributed by atoms with Gasteiger partial charge >= 0.3 is 5.97 Å². The predicted octanol–water partition coefficient (Wildman–Crippen LogP) is 3.83. The van der Waals surface area contributed by atoms with E-state index >= 15 is 0 Å². The molecule has 0 fully saturated rings. The highest BCUT2D eigenvalue weighted by atomic mass is 35.5. The van der Waals surface area contributed by atoms with Gasteiger partial charge in [-0.25, -0.2) is 4.79 Å². The van der Waals surface area contributed by atoms with E-state index in [0.29, 0.717) is 46.5 Å². The van der Waals surface area contributed by atoms with Gasteiger partial charge in [-0.3, -0.25) is 4.79 Å². The van der Waals surface area contributed by atoms with Crippen molar-refractivity contribution in [3.63, 3.8) is 0 Å². The topological polar surface area (TPSA) is 85.3 Å². The van der Waals surface area contributed by atoms with Gasteiger partial charge in [0, 0.05) is 34.8 Å². The largest absolute Gasteiger partial charge is 0.486 e. The molecule has 1 aliphatic rings. The van der Waals surface area contributed by atoms with E-state index in [2.05, 4.69) is 6.58 Å². The first-order chi connectivity index (χ1) is 15.5. The van der Waals surface area contributed by atoms with Crippen molar-refractivity contribution < 1.29 is 28.9 Å². The Bertz CT molecular complexity index is 1040. The Kier molecular flexibility index (Phi) is 7.92. The molecule has 1 atom stereocenters. The van der Waals surface area contributed by atoms with E-state index in [0.717, 1.165) is 12.2 Å². The fraction of sp³-hybridized carbons (Fsp3) is 0.250. The molecule has 0 aromatic heterocycles. The highest BCUT2D eigenvalue weighted by molar-refractivity contribution is 6.30. The number of hydrogen-bond acceptors (Lipinski definition) is 6. The molecule has 0 spiro atoms. The van der Waals surface area contributed by atoms with Crippen LogP contribution in [-0.4, -0.2) is 43.3 Å². The number of para-hydroxylation sites is 1. The first-order valence-corrected chi connectivity index (χ1v) is 10.5. The number of fused-ring (bicyclic) bond motifs is 1. The number of amides is 1. The number of hydrogen-bond donors (Lipinski definition) is 1. The minimum absolute atomic E-state index is 0.139. The van der Waals surface area contributed by atoms with Crippen LogP contribution in [0.5, 0.6) is 11.5 Å². The van der Waals surface area contributed by atoms with Gasteiger partial charge in [0.25, 0.3) is 5.91 Å². The quantitative estimate of drug-likeness (QED) is 0.368. The average molecular weight is 458 g/mol. The van der Waals surface area contributed by atoms with E-state index in [4.69, 9.17) is 25.8 Å². The van der Waals surface area contributed by atoms with Gasteiger partial charge in [-0.1, -0.05) is 29.8 Å². The smallest absolute Gasteiger partial charge is 0.330 e. The molecule has 0 bridgehead atoms. The summed E-state index contributed by atoms with van der Waals surface area (Å²) in [5.41, 5.74) is 1.29. The lowest BCUT2D eigenvalue weighted by molar-refractivity contribution is -0.137. The summed E-state index contributed by atoms with van der Waals surface area (Å²) in [6.45, 7) is 6.50. The van der Waals surface area contributed by atoms with E-state index in [1.165, 1.54) is 4.90 Å². The molecule has 0 saturated carbocycles. The Morgan fingerprint density at radius 3 is 2.75 bits per heavy atom. The Morgan fingerprint density at radius 2 is 2.00 bits per heavy atom. The van der Waals surface area contributed by atoms with Crippen molar-refractivity contribution in [2.45, 2.75) is 13.0 Å². The van der Waals surface area contributed by atoms with Crippen molar-refractivity contribution in [2.24, 2.45) is 0 Å². The van der Waals surface area contributed by atoms with Crippen LogP contribution < -0.4 is 14.4 Å². The summed E-state index contributed by atoms with van der Waals surface area (Å²) in [6, 6.07) is 10.1. The van der Waals surface area contributed by atoms with Gasteiger partial charge in [-0.15, -0.1) is 6.58 Å². The van der Waals surface area contributed by atoms with Crippen molar-refractivity contribution in [3.05, 3.63) is 77.4 Å². The van der Waals surface area contributed by atoms with Gasteiger partial charge in [-0.2, -0.15) is 0 Å². The van der Waals surface area contributed by atoms with Gasteiger partial charge in [-0.05, 0) is 31.2 Å². The van der Waals surface area contributed by atoms with Crippen LogP contribution in [0.1, 0.15) is 24.2 Å². The summed E-state index contributed by atoms with van der Waals surface area (Å²) in [5.74, 6) is -0.124. The van der Waals surface area contributed by atoms with Crippen LogP contribution in [0, 0.1) is 0 Å². The van der Waals surface area contributed by atoms with Crippen LogP contribution in [0.2, 0.25) is 5.02 Å². The fourth-order valence-corrected chi connectivity index (χ4v) is 3.51. The monoisotopic (exact) mass is 457 g/mol. The molecular formula is C24H24ClNO6. The number of aliphatic hydroxyl groups excluding tert-OH is 1. The van der Waals surface area contributed by atoms with Crippen molar-refractivity contribution >= 4 is 29.2 Å². The van der Waals surface area contributed by atoms with E-state index in [1.54, 1.807) is 49.4 Å². The summed E-state index contributed by atoms with van der Waals surface area (Å²) in [4.78, 5) is 25.9. The van der Waals surface area contributed by atoms with Crippen molar-refractivity contribution in [2.75, 3.05) is 31.3 Å².